The summed E-state index contributed by atoms with van der Waals surface area (Å²) in [5, 5.41) is 8.55. The number of ether oxygens (including phenoxy) is 2. The second-order valence-corrected chi connectivity index (χ2v) is 7.27. The van der Waals surface area contributed by atoms with E-state index in [0.717, 1.165) is 7.11 Å². The molecule has 4 nitrogen and oxygen atoms in total. The van der Waals surface area contributed by atoms with Crippen molar-refractivity contribution >= 4 is 17.6 Å². The first-order valence-electron chi connectivity index (χ1n) is 7.80. The van der Waals surface area contributed by atoms with Crippen LogP contribution >= 0.6 is 11.6 Å². The van der Waals surface area contributed by atoms with Crippen LogP contribution in [0.15, 0.2) is 11.1 Å². The highest BCUT2D eigenvalue weighted by molar-refractivity contribution is 6.32. The van der Waals surface area contributed by atoms with Crippen LogP contribution < -0.4 is 0 Å². The third-order valence-electron chi connectivity index (χ3n) is 4.73. The number of carbonyl (C=O) groups is 1. The van der Waals surface area contributed by atoms with Gasteiger partial charge < -0.3 is 9.47 Å². The Labute approximate surface area is 158 Å². The summed E-state index contributed by atoms with van der Waals surface area (Å²) in [5.41, 5.74) is -3.80. The topological polar surface area (TPSA) is 59.3 Å². The second-order valence-electron chi connectivity index (χ2n) is 6.86. The zero-order chi connectivity index (χ0) is 20.6. The van der Waals surface area contributed by atoms with Gasteiger partial charge in [0.1, 0.15) is 17.7 Å². The van der Waals surface area contributed by atoms with Gasteiger partial charge in [-0.15, -0.1) is 0 Å². The van der Waals surface area contributed by atoms with Crippen LogP contribution in [0.5, 0.6) is 0 Å². The summed E-state index contributed by atoms with van der Waals surface area (Å²) >= 11 is 5.68. The quantitative estimate of drug-likeness (QED) is 0.303. The Morgan fingerprint density at radius 1 is 1.15 bits per heavy atom. The molecule has 1 aliphatic carbocycles. The van der Waals surface area contributed by atoms with Gasteiger partial charge in [-0.25, -0.2) is 17.6 Å². The number of allylic oxidation sites excluding steroid dienone is 1. The molecule has 0 amide bonds. The van der Waals surface area contributed by atoms with Crippen LogP contribution in [-0.4, -0.2) is 13.1 Å². The first-order valence-corrected chi connectivity index (χ1v) is 8.18. The number of hydrogen-bond acceptors (Lipinski definition) is 4. The second kappa shape index (κ2) is 7.49. The first-order chi connectivity index (χ1) is 12.5. The van der Waals surface area contributed by atoms with Crippen LogP contribution in [0.25, 0.3) is 0 Å². The number of nitrogens with zero attached hydrogens (tertiary/aromatic N) is 1. The molecule has 1 fully saturated rings. The van der Waals surface area contributed by atoms with E-state index >= 15 is 0 Å². The number of methoxy groups -OCH3 is 1. The number of carbonyl (C=O) groups excluding carboxylic acids is 1. The van der Waals surface area contributed by atoms with Crippen LogP contribution in [0.3, 0.4) is 0 Å². The molecule has 146 valence electrons. The monoisotopic (exact) mass is 405 g/mol. The van der Waals surface area contributed by atoms with Crippen molar-refractivity contribution in [2.75, 3.05) is 7.11 Å². The molecule has 0 N–H and O–H groups in total. The molecule has 0 aliphatic heterocycles. The number of halogens is 5. The lowest BCUT2D eigenvalue weighted by atomic mass is 9.95. The molecule has 0 bridgehead atoms. The van der Waals surface area contributed by atoms with Crippen molar-refractivity contribution in [1.82, 2.24) is 0 Å². The summed E-state index contributed by atoms with van der Waals surface area (Å²) in [5.74, 6) is -7.46. The first kappa shape index (κ1) is 21.2. The van der Waals surface area contributed by atoms with Gasteiger partial charge in [0.15, 0.2) is 23.3 Å². The minimum absolute atomic E-state index is 0.240. The van der Waals surface area contributed by atoms with E-state index in [-0.39, 0.29) is 11.5 Å². The minimum Gasteiger partial charge on any atom is -0.460 e. The summed E-state index contributed by atoms with van der Waals surface area (Å²) in [6.07, 6.45) is 1.50. The van der Waals surface area contributed by atoms with Crippen LogP contribution in [-0.2, 0) is 27.5 Å². The van der Waals surface area contributed by atoms with Crippen molar-refractivity contribution in [1.29, 1.82) is 5.26 Å². The number of nitriles is 1. The molecule has 9 heteroatoms. The average molecular weight is 406 g/mol. The van der Waals surface area contributed by atoms with Crippen molar-refractivity contribution in [3.8, 4) is 6.07 Å². The molecule has 1 saturated carbocycles. The molecule has 1 aliphatic rings. The van der Waals surface area contributed by atoms with E-state index in [1.807, 2.05) is 0 Å². The molecule has 1 aromatic rings. The molecule has 2 rings (SSSR count). The Morgan fingerprint density at radius 2 is 1.59 bits per heavy atom. The highest BCUT2D eigenvalue weighted by Crippen LogP contribution is 2.65. The van der Waals surface area contributed by atoms with E-state index in [1.54, 1.807) is 19.9 Å². The van der Waals surface area contributed by atoms with Gasteiger partial charge in [-0.3, -0.25) is 4.79 Å². The summed E-state index contributed by atoms with van der Waals surface area (Å²) in [6.45, 7) is 1.74. The SMILES string of the molecule is COCc1c(F)c(F)c(COC(=O)C2(/C=C(\Cl)C#N)CC2(C)C)c(F)c1F. The smallest absolute Gasteiger partial charge is 0.316 e. The number of esters is 1. The molecule has 1 atom stereocenters. The van der Waals surface area contributed by atoms with Gasteiger partial charge >= 0.3 is 5.97 Å². The summed E-state index contributed by atoms with van der Waals surface area (Å²) in [7, 11) is 1.11. The third kappa shape index (κ3) is 3.66. The van der Waals surface area contributed by atoms with Gasteiger partial charge in [0.05, 0.1) is 23.1 Å². The molecule has 0 radical (unpaired) electrons. The molecule has 0 spiro atoms. The van der Waals surface area contributed by atoms with Crippen molar-refractivity contribution < 1.29 is 31.8 Å². The fourth-order valence-electron chi connectivity index (χ4n) is 2.94. The van der Waals surface area contributed by atoms with Crippen LogP contribution in [0.2, 0.25) is 0 Å². The largest absolute Gasteiger partial charge is 0.460 e. The molecule has 1 unspecified atom stereocenters. The van der Waals surface area contributed by atoms with Gasteiger partial charge in [0.25, 0.3) is 0 Å². The highest BCUT2D eigenvalue weighted by Gasteiger charge is 2.66. The van der Waals surface area contributed by atoms with Crippen molar-refractivity contribution in [3.05, 3.63) is 45.5 Å². The predicted octanol–water partition coefficient (Wildman–Crippen LogP) is 4.50. The van der Waals surface area contributed by atoms with Crippen molar-refractivity contribution in [3.63, 3.8) is 0 Å². The van der Waals surface area contributed by atoms with E-state index < -0.39 is 64.4 Å². The molecule has 27 heavy (non-hydrogen) atoms. The fraction of sp³-hybridized carbons (Fsp3) is 0.444. The van der Waals surface area contributed by atoms with Gasteiger partial charge in [0, 0.05) is 7.11 Å². The van der Waals surface area contributed by atoms with Crippen molar-refractivity contribution in [2.45, 2.75) is 33.5 Å². The van der Waals surface area contributed by atoms with E-state index in [9.17, 15) is 22.4 Å². The predicted molar refractivity (Wildman–Crippen MR) is 87.2 cm³/mol. The summed E-state index contributed by atoms with van der Waals surface area (Å²) < 4.78 is 65.5. The maximum Gasteiger partial charge on any atom is 0.316 e. The number of benzene rings is 1. The maximum atomic E-state index is 14.1. The van der Waals surface area contributed by atoms with E-state index in [2.05, 4.69) is 4.74 Å². The molecule has 0 saturated heterocycles. The Kier molecular flexibility index (Phi) is 5.88. The molecular formula is C18H16ClF4NO3. The van der Waals surface area contributed by atoms with Gasteiger partial charge in [-0.1, -0.05) is 25.4 Å². The fourth-order valence-corrected chi connectivity index (χ4v) is 3.13. The lowest BCUT2D eigenvalue weighted by Crippen LogP contribution is -2.23. The Morgan fingerprint density at radius 3 is 1.96 bits per heavy atom. The van der Waals surface area contributed by atoms with Gasteiger partial charge in [-0.2, -0.15) is 5.26 Å². The van der Waals surface area contributed by atoms with Crippen LogP contribution in [0, 0.1) is 45.4 Å². The van der Waals surface area contributed by atoms with E-state index in [1.165, 1.54) is 6.08 Å². The highest BCUT2D eigenvalue weighted by atomic mass is 35.5. The van der Waals surface area contributed by atoms with Crippen molar-refractivity contribution in [2.24, 2.45) is 10.8 Å². The van der Waals surface area contributed by atoms with Gasteiger partial charge in [0.2, 0.25) is 0 Å². The minimum atomic E-state index is -1.66. The standard InChI is InChI=1S/C18H16ClF4NO3/c1-17(2)8-18(17,4-9(19)5-24)16(25)27-7-11-14(22)12(20)10(6-26-3)13(21)15(11)23/h4H,6-8H2,1-3H3/b9-4-. The number of rotatable bonds is 6. The number of hydrogen-bond donors (Lipinski definition) is 0. The summed E-state index contributed by atoms with van der Waals surface area (Å²) in [6, 6.07) is 1.67. The lowest BCUT2D eigenvalue weighted by molar-refractivity contribution is -0.151. The Balaban J connectivity index is 2.30. The van der Waals surface area contributed by atoms with E-state index in [4.69, 9.17) is 21.6 Å². The maximum absolute atomic E-state index is 14.1. The molecule has 1 aromatic carbocycles. The molecule has 0 heterocycles. The molecule has 0 aromatic heterocycles. The molecular weight excluding hydrogens is 390 g/mol. The third-order valence-corrected chi connectivity index (χ3v) is 4.92. The van der Waals surface area contributed by atoms with E-state index in [0.29, 0.717) is 0 Å². The Bertz CT molecular complexity index is 834. The zero-order valence-corrected chi connectivity index (χ0v) is 15.5. The summed E-state index contributed by atoms with van der Waals surface area (Å²) in [4.78, 5) is 12.4. The van der Waals surface area contributed by atoms with Crippen LogP contribution in [0.4, 0.5) is 17.6 Å². The van der Waals surface area contributed by atoms with Gasteiger partial charge in [-0.05, 0) is 17.9 Å². The lowest BCUT2D eigenvalue weighted by Gasteiger charge is -2.17. The Hall–Kier alpha value is -2.11. The zero-order valence-electron chi connectivity index (χ0n) is 14.8. The average Bonchev–Trinajstić information content (AvgIpc) is 3.18. The normalized spacial score (nSPS) is 20.9. The van der Waals surface area contributed by atoms with Crippen LogP contribution in [0.1, 0.15) is 31.4 Å².